The molecule has 0 atom stereocenters. The third-order valence-electron chi connectivity index (χ3n) is 5.42. The summed E-state index contributed by atoms with van der Waals surface area (Å²) in [6.07, 6.45) is 2.90. The van der Waals surface area contributed by atoms with Crippen molar-refractivity contribution in [2.75, 3.05) is 33.5 Å². The van der Waals surface area contributed by atoms with Crippen molar-refractivity contribution < 1.29 is 24.1 Å². The number of ether oxygens (including phenoxy) is 3. The molecule has 0 bridgehead atoms. The molecule has 0 aromatic heterocycles. The van der Waals surface area contributed by atoms with Crippen LogP contribution in [0.15, 0.2) is 58.5 Å². The second-order valence-electron chi connectivity index (χ2n) is 9.08. The molecule has 0 saturated carbocycles. The molecule has 0 radical (unpaired) electrons. The number of carboxylic acids is 1. The molecule has 0 fully saturated rings. The third-order valence-corrected chi connectivity index (χ3v) is 5.42. The number of nitrogens with two attached hydrogens (primary N) is 1. The third kappa shape index (κ3) is 11.0. The molecule has 8 heteroatoms. The fourth-order valence-corrected chi connectivity index (χ4v) is 3.29. The molecule has 0 amide bonds. The number of aliphatic imine (C=N–C) groups is 2. The number of benzene rings is 2. The first-order chi connectivity index (χ1) is 17.2. The molecule has 0 saturated heterocycles. The SMILES string of the molecule is COCCOCCN=C(CCCc1ccc(OC(C)(C)C(=O)O)cc1)N=C(N)Cc1ccc(C)cc1. The molecule has 0 unspecified atom stereocenters. The molecule has 36 heavy (non-hydrogen) atoms. The number of aliphatic carboxylic acids is 1. The number of carbonyl (C=O) groups is 1. The normalized spacial score (nSPS) is 12.6. The summed E-state index contributed by atoms with van der Waals surface area (Å²) in [5, 5.41) is 9.23. The lowest BCUT2D eigenvalue weighted by atomic mass is 10.1. The predicted octanol–water partition coefficient (Wildman–Crippen LogP) is 4.22. The minimum atomic E-state index is -1.28. The number of amidine groups is 2. The van der Waals surface area contributed by atoms with Crippen LogP contribution in [-0.2, 0) is 27.1 Å². The quantitative estimate of drug-likeness (QED) is 0.216. The van der Waals surface area contributed by atoms with E-state index in [0.29, 0.717) is 56.6 Å². The number of carboxylic acid groups (broad SMARTS) is 1. The molecule has 3 N–H and O–H groups in total. The number of rotatable bonds is 15. The Labute approximate surface area is 214 Å². The van der Waals surface area contributed by atoms with Gasteiger partial charge < -0.3 is 25.1 Å². The first kappa shape index (κ1) is 29.0. The summed E-state index contributed by atoms with van der Waals surface area (Å²) in [4.78, 5) is 20.5. The predicted molar refractivity (Wildman–Crippen MR) is 143 cm³/mol. The summed E-state index contributed by atoms with van der Waals surface area (Å²) < 4.78 is 16.1. The molecule has 2 aromatic rings. The summed E-state index contributed by atoms with van der Waals surface area (Å²) in [5.74, 6) is 0.749. The molecule has 196 valence electrons. The van der Waals surface area contributed by atoms with E-state index in [0.717, 1.165) is 24.0 Å². The van der Waals surface area contributed by atoms with Crippen LogP contribution >= 0.6 is 0 Å². The number of methoxy groups -OCH3 is 1. The number of nitrogens with zero attached hydrogens (tertiary/aromatic N) is 2. The van der Waals surface area contributed by atoms with E-state index in [9.17, 15) is 9.90 Å². The van der Waals surface area contributed by atoms with Gasteiger partial charge in [0.05, 0.1) is 26.4 Å². The standard InChI is InChI=1S/C28H39N3O5/c1-21-8-10-23(11-9-21)20-25(29)31-26(30-16-17-35-19-18-34-4)7-5-6-22-12-14-24(15-13-22)36-28(2,3)27(32)33/h8-15H,5-7,16-20H2,1-4H3,(H,32,33)(H2,29,30,31). The van der Waals surface area contributed by atoms with E-state index in [1.54, 1.807) is 19.2 Å². The van der Waals surface area contributed by atoms with E-state index in [1.165, 1.54) is 19.4 Å². The monoisotopic (exact) mass is 497 g/mol. The molecule has 0 spiro atoms. The van der Waals surface area contributed by atoms with Crippen LogP contribution in [0.4, 0.5) is 0 Å². The van der Waals surface area contributed by atoms with E-state index < -0.39 is 11.6 Å². The fraction of sp³-hybridized carbons (Fsp3) is 0.464. The van der Waals surface area contributed by atoms with Crippen LogP contribution in [-0.4, -0.2) is 61.8 Å². The van der Waals surface area contributed by atoms with E-state index in [-0.39, 0.29) is 0 Å². The highest BCUT2D eigenvalue weighted by molar-refractivity contribution is 5.97. The average Bonchev–Trinajstić information content (AvgIpc) is 2.83. The van der Waals surface area contributed by atoms with Gasteiger partial charge in [-0.2, -0.15) is 0 Å². The highest BCUT2D eigenvalue weighted by Crippen LogP contribution is 2.20. The van der Waals surface area contributed by atoms with Crippen molar-refractivity contribution >= 4 is 17.6 Å². The molecular weight excluding hydrogens is 458 g/mol. The van der Waals surface area contributed by atoms with Crippen molar-refractivity contribution in [2.24, 2.45) is 15.7 Å². The summed E-state index contributed by atoms with van der Waals surface area (Å²) in [5.41, 5.74) is 8.40. The van der Waals surface area contributed by atoms with Gasteiger partial charge in [-0.25, -0.2) is 9.79 Å². The molecule has 8 nitrogen and oxygen atoms in total. The van der Waals surface area contributed by atoms with Crippen LogP contribution in [0, 0.1) is 6.92 Å². The van der Waals surface area contributed by atoms with E-state index >= 15 is 0 Å². The average molecular weight is 498 g/mol. The second-order valence-corrected chi connectivity index (χ2v) is 9.08. The van der Waals surface area contributed by atoms with E-state index in [1.807, 2.05) is 12.1 Å². The van der Waals surface area contributed by atoms with Crippen molar-refractivity contribution in [3.05, 3.63) is 65.2 Å². The first-order valence-electron chi connectivity index (χ1n) is 12.2. The Morgan fingerprint density at radius 1 is 1.00 bits per heavy atom. The number of aryl methyl sites for hydroxylation is 2. The molecule has 0 aliphatic carbocycles. The van der Waals surface area contributed by atoms with Gasteiger partial charge in [-0.05, 0) is 56.9 Å². The zero-order valence-corrected chi connectivity index (χ0v) is 21.8. The summed E-state index contributed by atoms with van der Waals surface area (Å²) in [6, 6.07) is 15.7. The van der Waals surface area contributed by atoms with Crippen molar-refractivity contribution in [3.63, 3.8) is 0 Å². The Bertz CT molecular complexity index is 999. The maximum atomic E-state index is 11.3. The Morgan fingerprint density at radius 2 is 1.67 bits per heavy atom. The minimum Gasteiger partial charge on any atom is -0.478 e. The summed E-state index contributed by atoms with van der Waals surface area (Å²) in [6.45, 7) is 7.19. The van der Waals surface area contributed by atoms with Crippen LogP contribution in [0.25, 0.3) is 0 Å². The van der Waals surface area contributed by atoms with Crippen LogP contribution in [0.3, 0.4) is 0 Å². The van der Waals surface area contributed by atoms with Gasteiger partial charge in [0.25, 0.3) is 0 Å². The van der Waals surface area contributed by atoms with Crippen molar-refractivity contribution in [3.8, 4) is 5.75 Å². The number of hydrogen-bond donors (Lipinski definition) is 2. The van der Waals surface area contributed by atoms with Crippen LogP contribution < -0.4 is 10.5 Å². The van der Waals surface area contributed by atoms with Crippen molar-refractivity contribution in [1.29, 1.82) is 0 Å². The maximum absolute atomic E-state index is 11.3. The van der Waals surface area contributed by atoms with Gasteiger partial charge in [-0.3, -0.25) is 4.99 Å². The van der Waals surface area contributed by atoms with Gasteiger partial charge in [0.2, 0.25) is 0 Å². The largest absolute Gasteiger partial charge is 0.478 e. The number of hydrogen-bond acceptors (Lipinski definition) is 5. The fourth-order valence-electron chi connectivity index (χ4n) is 3.29. The Hall–Kier alpha value is -3.23. The molecular formula is C28H39N3O5. The van der Waals surface area contributed by atoms with Crippen LogP contribution in [0.1, 0.15) is 43.4 Å². The summed E-state index contributed by atoms with van der Waals surface area (Å²) >= 11 is 0. The minimum absolute atomic E-state index is 0.494. The molecule has 0 heterocycles. The highest BCUT2D eigenvalue weighted by atomic mass is 16.5. The topological polar surface area (TPSA) is 116 Å². The van der Waals surface area contributed by atoms with Crippen LogP contribution in [0.5, 0.6) is 5.75 Å². The van der Waals surface area contributed by atoms with Gasteiger partial charge in [-0.1, -0.05) is 42.0 Å². The Kier molecular flexibility index (Phi) is 12.1. The Morgan fingerprint density at radius 3 is 2.31 bits per heavy atom. The Balaban J connectivity index is 1.96. The lowest BCUT2D eigenvalue weighted by Crippen LogP contribution is -2.37. The zero-order valence-electron chi connectivity index (χ0n) is 21.8. The lowest BCUT2D eigenvalue weighted by Gasteiger charge is -2.21. The second kappa shape index (κ2) is 15.0. The van der Waals surface area contributed by atoms with Crippen molar-refractivity contribution in [2.45, 2.75) is 52.1 Å². The van der Waals surface area contributed by atoms with E-state index in [4.69, 9.17) is 19.9 Å². The van der Waals surface area contributed by atoms with Gasteiger partial charge in [0, 0.05) is 20.0 Å². The lowest BCUT2D eigenvalue weighted by molar-refractivity contribution is -0.152. The highest BCUT2D eigenvalue weighted by Gasteiger charge is 2.29. The maximum Gasteiger partial charge on any atom is 0.347 e. The molecule has 0 aliphatic heterocycles. The molecule has 0 aliphatic rings. The van der Waals surface area contributed by atoms with Gasteiger partial charge in [0.1, 0.15) is 17.4 Å². The summed E-state index contributed by atoms with van der Waals surface area (Å²) in [7, 11) is 1.64. The van der Waals surface area contributed by atoms with Gasteiger partial charge in [-0.15, -0.1) is 0 Å². The van der Waals surface area contributed by atoms with Gasteiger partial charge in [0.15, 0.2) is 5.60 Å². The zero-order chi connectivity index (χ0) is 26.4. The van der Waals surface area contributed by atoms with Crippen LogP contribution in [0.2, 0.25) is 0 Å². The smallest absolute Gasteiger partial charge is 0.347 e. The van der Waals surface area contributed by atoms with Gasteiger partial charge >= 0.3 is 5.97 Å². The van der Waals surface area contributed by atoms with E-state index in [2.05, 4.69) is 41.2 Å². The molecule has 2 aromatic carbocycles. The molecule has 2 rings (SSSR count). The van der Waals surface area contributed by atoms with Crippen molar-refractivity contribution in [1.82, 2.24) is 0 Å². The first-order valence-corrected chi connectivity index (χ1v) is 12.2.